The van der Waals surface area contributed by atoms with Gasteiger partial charge in [-0.2, -0.15) is 0 Å². The van der Waals surface area contributed by atoms with Crippen LogP contribution >= 0.6 is 0 Å². The summed E-state index contributed by atoms with van der Waals surface area (Å²) in [5.74, 6) is -0.308. The minimum Gasteiger partial charge on any atom is -0.481 e. The first-order valence-electron chi connectivity index (χ1n) is 6.26. The van der Waals surface area contributed by atoms with Crippen LogP contribution in [-0.2, 0) is 17.8 Å². The molecule has 1 aromatic rings. The summed E-state index contributed by atoms with van der Waals surface area (Å²) >= 11 is 0. The van der Waals surface area contributed by atoms with E-state index in [-0.39, 0.29) is 5.92 Å². The van der Waals surface area contributed by atoms with Crippen LogP contribution in [0.5, 0.6) is 0 Å². The number of rotatable bonds is 3. The van der Waals surface area contributed by atoms with E-state index in [1.807, 2.05) is 0 Å². The minimum atomic E-state index is -0.618. The topological polar surface area (TPSA) is 40.5 Å². The van der Waals surface area contributed by atoms with Gasteiger partial charge in [0.05, 0.1) is 5.92 Å². The Bertz CT molecular complexity index is 444. The van der Waals surface area contributed by atoms with E-state index in [1.165, 1.54) is 11.1 Å². The summed E-state index contributed by atoms with van der Waals surface area (Å²) in [6.45, 7) is 3.00. The maximum Gasteiger partial charge on any atom is 0.306 e. The van der Waals surface area contributed by atoms with E-state index in [2.05, 4.69) is 29.2 Å². The molecule has 0 saturated heterocycles. The van der Waals surface area contributed by atoms with Crippen molar-refractivity contribution in [2.45, 2.75) is 19.4 Å². The molecular formula is C14H17NO2. The molecule has 2 unspecified atom stereocenters. The zero-order chi connectivity index (χ0) is 11.8. The standard InChI is InChI=1S/C14H17NO2/c16-14(17)13-7-12(13)9-15-6-5-10-3-1-2-4-11(10)8-15/h1-4,12-13H,5-9H2,(H,16,17). The van der Waals surface area contributed by atoms with Crippen molar-refractivity contribution >= 4 is 5.97 Å². The molecule has 2 atom stereocenters. The Kier molecular flexibility index (Phi) is 2.63. The van der Waals surface area contributed by atoms with Gasteiger partial charge in [-0.3, -0.25) is 9.69 Å². The van der Waals surface area contributed by atoms with Crippen molar-refractivity contribution in [1.82, 2.24) is 4.90 Å². The van der Waals surface area contributed by atoms with E-state index in [0.29, 0.717) is 5.92 Å². The third kappa shape index (κ3) is 2.20. The van der Waals surface area contributed by atoms with Crippen molar-refractivity contribution in [2.24, 2.45) is 11.8 Å². The fraction of sp³-hybridized carbons (Fsp3) is 0.500. The lowest BCUT2D eigenvalue weighted by Crippen LogP contribution is -2.32. The Morgan fingerprint density at radius 2 is 2.12 bits per heavy atom. The van der Waals surface area contributed by atoms with E-state index < -0.39 is 5.97 Å². The van der Waals surface area contributed by atoms with Gasteiger partial charge < -0.3 is 5.11 Å². The lowest BCUT2D eigenvalue weighted by Gasteiger charge is -2.28. The predicted molar refractivity (Wildman–Crippen MR) is 64.7 cm³/mol. The SMILES string of the molecule is O=C(O)C1CC1CN1CCc2ccccc2C1. The third-order valence-corrected chi connectivity index (χ3v) is 3.94. The summed E-state index contributed by atoms with van der Waals surface area (Å²) in [5, 5.41) is 8.89. The van der Waals surface area contributed by atoms with Crippen LogP contribution in [0.15, 0.2) is 24.3 Å². The molecule has 0 aromatic heterocycles. The molecule has 2 aliphatic rings. The maximum atomic E-state index is 10.8. The number of fused-ring (bicyclic) bond motifs is 1. The number of carboxylic acids is 1. The molecule has 0 amide bonds. The minimum absolute atomic E-state index is 0.0767. The Morgan fingerprint density at radius 3 is 2.82 bits per heavy atom. The smallest absolute Gasteiger partial charge is 0.306 e. The zero-order valence-electron chi connectivity index (χ0n) is 9.80. The Balaban J connectivity index is 1.60. The van der Waals surface area contributed by atoms with Crippen LogP contribution in [0.25, 0.3) is 0 Å². The summed E-state index contributed by atoms with van der Waals surface area (Å²) in [5.41, 5.74) is 2.86. The van der Waals surface area contributed by atoms with Gasteiger partial charge in [0.25, 0.3) is 0 Å². The van der Waals surface area contributed by atoms with Crippen molar-refractivity contribution in [1.29, 1.82) is 0 Å². The number of hydrogen-bond donors (Lipinski definition) is 1. The Hall–Kier alpha value is -1.35. The lowest BCUT2D eigenvalue weighted by molar-refractivity contribution is -0.138. The molecular weight excluding hydrogens is 214 g/mol. The number of benzene rings is 1. The molecule has 0 bridgehead atoms. The first-order chi connectivity index (χ1) is 8.24. The molecule has 17 heavy (non-hydrogen) atoms. The molecule has 0 spiro atoms. The summed E-state index contributed by atoms with van der Waals surface area (Å²) in [6, 6.07) is 8.56. The third-order valence-electron chi connectivity index (χ3n) is 3.94. The van der Waals surface area contributed by atoms with Crippen molar-refractivity contribution in [3.8, 4) is 0 Å². The van der Waals surface area contributed by atoms with Crippen LogP contribution in [0.4, 0.5) is 0 Å². The second kappa shape index (κ2) is 4.15. The Morgan fingerprint density at radius 1 is 1.35 bits per heavy atom. The van der Waals surface area contributed by atoms with Crippen molar-refractivity contribution in [3.05, 3.63) is 35.4 Å². The summed E-state index contributed by atoms with van der Waals surface area (Å²) in [4.78, 5) is 13.2. The summed E-state index contributed by atoms with van der Waals surface area (Å²) < 4.78 is 0. The summed E-state index contributed by atoms with van der Waals surface area (Å²) in [7, 11) is 0. The van der Waals surface area contributed by atoms with E-state index in [9.17, 15) is 4.79 Å². The molecule has 1 N–H and O–H groups in total. The number of carbonyl (C=O) groups is 1. The molecule has 3 nitrogen and oxygen atoms in total. The van der Waals surface area contributed by atoms with Crippen LogP contribution in [0.2, 0.25) is 0 Å². The van der Waals surface area contributed by atoms with Gasteiger partial charge in [-0.05, 0) is 29.9 Å². The van der Waals surface area contributed by atoms with Crippen molar-refractivity contribution in [2.75, 3.05) is 13.1 Å². The van der Waals surface area contributed by atoms with Gasteiger partial charge in [-0.25, -0.2) is 0 Å². The average molecular weight is 231 g/mol. The van der Waals surface area contributed by atoms with Gasteiger partial charge in [0.2, 0.25) is 0 Å². The quantitative estimate of drug-likeness (QED) is 0.861. The number of aliphatic carboxylic acids is 1. The van der Waals surface area contributed by atoms with Gasteiger partial charge >= 0.3 is 5.97 Å². The van der Waals surface area contributed by atoms with Crippen LogP contribution in [-0.4, -0.2) is 29.1 Å². The normalized spacial score (nSPS) is 27.5. The van der Waals surface area contributed by atoms with Gasteiger partial charge in [0.15, 0.2) is 0 Å². The fourth-order valence-electron chi connectivity index (χ4n) is 2.79. The molecule has 0 radical (unpaired) electrons. The second-order valence-electron chi connectivity index (χ2n) is 5.19. The molecule has 3 rings (SSSR count). The predicted octanol–water partition coefficient (Wildman–Crippen LogP) is 1.77. The highest BCUT2D eigenvalue weighted by Crippen LogP contribution is 2.39. The zero-order valence-corrected chi connectivity index (χ0v) is 9.80. The molecule has 1 aliphatic carbocycles. The van der Waals surface area contributed by atoms with Crippen LogP contribution in [0.1, 0.15) is 17.5 Å². The van der Waals surface area contributed by atoms with Crippen LogP contribution in [0.3, 0.4) is 0 Å². The number of carboxylic acid groups (broad SMARTS) is 1. The molecule has 1 heterocycles. The van der Waals surface area contributed by atoms with E-state index in [1.54, 1.807) is 0 Å². The van der Waals surface area contributed by atoms with E-state index in [0.717, 1.165) is 32.5 Å². The first-order valence-corrected chi connectivity index (χ1v) is 6.26. The largest absolute Gasteiger partial charge is 0.481 e. The van der Waals surface area contributed by atoms with Crippen molar-refractivity contribution in [3.63, 3.8) is 0 Å². The van der Waals surface area contributed by atoms with Gasteiger partial charge in [-0.1, -0.05) is 24.3 Å². The second-order valence-corrected chi connectivity index (χ2v) is 5.19. The molecule has 1 aromatic carbocycles. The van der Waals surface area contributed by atoms with Crippen molar-refractivity contribution < 1.29 is 9.90 Å². The lowest BCUT2D eigenvalue weighted by atomic mass is 10.00. The molecule has 1 saturated carbocycles. The van der Waals surface area contributed by atoms with Crippen LogP contribution in [0, 0.1) is 11.8 Å². The molecule has 3 heteroatoms. The average Bonchev–Trinajstić information content (AvgIpc) is 3.08. The van der Waals surface area contributed by atoms with E-state index >= 15 is 0 Å². The van der Waals surface area contributed by atoms with E-state index in [4.69, 9.17) is 5.11 Å². The van der Waals surface area contributed by atoms with Gasteiger partial charge in [-0.15, -0.1) is 0 Å². The maximum absolute atomic E-state index is 10.8. The molecule has 1 aliphatic heterocycles. The highest BCUT2D eigenvalue weighted by atomic mass is 16.4. The highest BCUT2D eigenvalue weighted by molar-refractivity contribution is 5.73. The fourth-order valence-corrected chi connectivity index (χ4v) is 2.79. The Labute approximate surface area is 101 Å². The monoisotopic (exact) mass is 231 g/mol. The molecule has 1 fully saturated rings. The molecule has 90 valence electrons. The van der Waals surface area contributed by atoms with Gasteiger partial charge in [0.1, 0.15) is 0 Å². The summed E-state index contributed by atoms with van der Waals surface area (Å²) in [6.07, 6.45) is 1.97. The van der Waals surface area contributed by atoms with Gasteiger partial charge in [0, 0.05) is 19.6 Å². The number of nitrogens with zero attached hydrogens (tertiary/aromatic N) is 1. The first kappa shape index (κ1) is 10.8. The number of hydrogen-bond acceptors (Lipinski definition) is 2. The highest BCUT2D eigenvalue weighted by Gasteiger charge is 2.43. The van der Waals surface area contributed by atoms with Crippen LogP contribution < -0.4 is 0 Å².